The van der Waals surface area contributed by atoms with Crippen LogP contribution in [0.2, 0.25) is 0 Å². The highest BCUT2D eigenvalue weighted by Crippen LogP contribution is 2.25. The number of aromatic nitrogens is 2. The number of carbonyl (C=O) groups is 1. The van der Waals surface area contributed by atoms with Gasteiger partial charge in [-0.3, -0.25) is 4.79 Å². The van der Waals surface area contributed by atoms with Gasteiger partial charge in [0.1, 0.15) is 0 Å². The highest BCUT2D eigenvalue weighted by molar-refractivity contribution is 5.79. The minimum atomic E-state index is 0.149. The molecular formula is C20H24N4O. The predicted molar refractivity (Wildman–Crippen MR) is 98.3 cm³/mol. The number of nitrogens with one attached hydrogen (secondary N) is 1. The lowest BCUT2D eigenvalue weighted by Crippen LogP contribution is -2.41. The first kappa shape index (κ1) is 16.1. The summed E-state index contributed by atoms with van der Waals surface area (Å²) in [6, 6.07) is 12.8. The molecule has 1 aliphatic heterocycles. The van der Waals surface area contributed by atoms with Crippen molar-refractivity contribution in [2.45, 2.75) is 38.6 Å². The van der Waals surface area contributed by atoms with Gasteiger partial charge in [-0.05, 0) is 50.8 Å². The number of anilines is 1. The molecular weight excluding hydrogens is 312 g/mol. The predicted octanol–water partition coefficient (Wildman–Crippen LogP) is 2.95. The number of rotatable bonds is 4. The molecule has 2 fully saturated rings. The van der Waals surface area contributed by atoms with E-state index < -0.39 is 0 Å². The first-order chi connectivity index (χ1) is 12.2. The fourth-order valence-corrected chi connectivity index (χ4v) is 3.37. The maximum absolute atomic E-state index is 12.2. The molecule has 2 aromatic rings. The Bertz CT molecular complexity index is 747. The van der Waals surface area contributed by atoms with Crippen LogP contribution in [0.1, 0.15) is 31.2 Å². The normalized spacial score (nSPS) is 18.2. The fraction of sp³-hybridized carbons (Fsp3) is 0.450. The average molecular weight is 336 g/mol. The molecule has 1 aromatic carbocycles. The second kappa shape index (κ2) is 6.82. The van der Waals surface area contributed by atoms with Crippen LogP contribution >= 0.6 is 0 Å². The summed E-state index contributed by atoms with van der Waals surface area (Å²) in [4.78, 5) is 14.4. The van der Waals surface area contributed by atoms with Crippen LogP contribution < -0.4 is 10.2 Å². The number of aryl methyl sites for hydroxylation is 1. The Morgan fingerprint density at radius 3 is 2.52 bits per heavy atom. The SMILES string of the molecule is Cc1cccc(-c2ccc(N3CCC(C(=O)NC4CC4)CC3)nn2)c1. The largest absolute Gasteiger partial charge is 0.355 e. The van der Waals surface area contributed by atoms with Crippen molar-refractivity contribution >= 4 is 11.7 Å². The highest BCUT2D eigenvalue weighted by atomic mass is 16.2. The van der Waals surface area contributed by atoms with Gasteiger partial charge < -0.3 is 10.2 Å². The smallest absolute Gasteiger partial charge is 0.223 e. The lowest BCUT2D eigenvalue weighted by atomic mass is 9.96. The standard InChI is InChI=1S/C20H24N4O/c1-14-3-2-4-16(13-14)18-7-8-19(23-22-18)24-11-9-15(10-12-24)20(25)21-17-5-6-17/h2-4,7-8,13,15,17H,5-6,9-12H2,1H3,(H,21,25). The van der Waals surface area contributed by atoms with Gasteiger partial charge in [-0.25, -0.2) is 0 Å². The number of hydrogen-bond acceptors (Lipinski definition) is 4. The van der Waals surface area contributed by atoms with Crippen LogP contribution in [0.25, 0.3) is 11.3 Å². The van der Waals surface area contributed by atoms with Gasteiger partial charge in [-0.15, -0.1) is 10.2 Å². The van der Waals surface area contributed by atoms with E-state index in [1.54, 1.807) is 0 Å². The van der Waals surface area contributed by atoms with Gasteiger partial charge in [0.05, 0.1) is 5.69 Å². The minimum absolute atomic E-state index is 0.149. The van der Waals surface area contributed by atoms with Crippen molar-refractivity contribution in [3.63, 3.8) is 0 Å². The number of hydrogen-bond donors (Lipinski definition) is 1. The van der Waals surface area contributed by atoms with Gasteiger partial charge in [-0.1, -0.05) is 23.8 Å². The number of piperidine rings is 1. The number of amides is 1. The zero-order valence-corrected chi connectivity index (χ0v) is 14.6. The van der Waals surface area contributed by atoms with Crippen LogP contribution in [0, 0.1) is 12.8 Å². The molecule has 1 saturated carbocycles. The molecule has 25 heavy (non-hydrogen) atoms. The third-order valence-electron chi connectivity index (χ3n) is 5.08. The van der Waals surface area contributed by atoms with Gasteiger partial charge in [0, 0.05) is 30.6 Å². The first-order valence-electron chi connectivity index (χ1n) is 9.15. The maximum atomic E-state index is 12.2. The van der Waals surface area contributed by atoms with Crippen molar-refractivity contribution in [3.8, 4) is 11.3 Å². The molecule has 4 rings (SSSR count). The molecule has 0 atom stereocenters. The average Bonchev–Trinajstić information content (AvgIpc) is 3.46. The zero-order chi connectivity index (χ0) is 17.2. The molecule has 1 aromatic heterocycles. The Hall–Kier alpha value is -2.43. The zero-order valence-electron chi connectivity index (χ0n) is 14.6. The second-order valence-electron chi connectivity index (χ2n) is 7.19. The topological polar surface area (TPSA) is 58.1 Å². The Kier molecular flexibility index (Phi) is 4.38. The van der Waals surface area contributed by atoms with E-state index in [9.17, 15) is 4.79 Å². The summed E-state index contributed by atoms with van der Waals surface area (Å²) in [5, 5.41) is 11.9. The van der Waals surface area contributed by atoms with Crippen molar-refractivity contribution in [2.75, 3.05) is 18.0 Å². The van der Waals surface area contributed by atoms with Crippen LogP contribution in [-0.2, 0) is 4.79 Å². The van der Waals surface area contributed by atoms with E-state index in [1.165, 1.54) is 5.56 Å². The second-order valence-corrected chi connectivity index (χ2v) is 7.19. The molecule has 1 amide bonds. The molecule has 1 N–H and O–H groups in total. The van der Waals surface area contributed by atoms with Crippen LogP contribution in [-0.4, -0.2) is 35.2 Å². The third-order valence-corrected chi connectivity index (χ3v) is 5.08. The molecule has 1 aliphatic carbocycles. The molecule has 0 radical (unpaired) electrons. The molecule has 0 bridgehead atoms. The Balaban J connectivity index is 1.37. The monoisotopic (exact) mass is 336 g/mol. The van der Waals surface area contributed by atoms with E-state index >= 15 is 0 Å². The Labute approximate surface area is 148 Å². The molecule has 1 saturated heterocycles. The van der Waals surface area contributed by atoms with E-state index in [0.29, 0.717) is 6.04 Å². The molecule has 5 nitrogen and oxygen atoms in total. The molecule has 2 heterocycles. The first-order valence-corrected chi connectivity index (χ1v) is 9.15. The Morgan fingerprint density at radius 2 is 1.88 bits per heavy atom. The minimum Gasteiger partial charge on any atom is -0.355 e. The fourth-order valence-electron chi connectivity index (χ4n) is 3.37. The summed E-state index contributed by atoms with van der Waals surface area (Å²) in [6.07, 6.45) is 4.07. The molecule has 2 aliphatic rings. The van der Waals surface area contributed by atoms with Crippen molar-refractivity contribution in [1.82, 2.24) is 15.5 Å². The van der Waals surface area contributed by atoms with Gasteiger partial charge in [-0.2, -0.15) is 0 Å². The van der Waals surface area contributed by atoms with Crippen LogP contribution in [0.5, 0.6) is 0 Å². The van der Waals surface area contributed by atoms with E-state index in [-0.39, 0.29) is 11.8 Å². The van der Waals surface area contributed by atoms with E-state index in [2.05, 4.69) is 45.5 Å². The van der Waals surface area contributed by atoms with Crippen molar-refractivity contribution in [3.05, 3.63) is 42.0 Å². The van der Waals surface area contributed by atoms with Gasteiger partial charge in [0.25, 0.3) is 0 Å². The highest BCUT2D eigenvalue weighted by Gasteiger charge is 2.30. The van der Waals surface area contributed by atoms with Gasteiger partial charge >= 0.3 is 0 Å². The third kappa shape index (κ3) is 3.81. The Morgan fingerprint density at radius 1 is 1.08 bits per heavy atom. The lowest BCUT2D eigenvalue weighted by molar-refractivity contribution is -0.125. The molecule has 0 spiro atoms. The van der Waals surface area contributed by atoms with E-state index in [4.69, 9.17) is 0 Å². The molecule has 5 heteroatoms. The van der Waals surface area contributed by atoms with E-state index in [1.807, 2.05) is 18.2 Å². The van der Waals surface area contributed by atoms with Gasteiger partial charge in [0.15, 0.2) is 5.82 Å². The van der Waals surface area contributed by atoms with Crippen LogP contribution in [0.4, 0.5) is 5.82 Å². The summed E-state index contributed by atoms with van der Waals surface area (Å²) >= 11 is 0. The summed E-state index contributed by atoms with van der Waals surface area (Å²) in [6.45, 7) is 3.80. The van der Waals surface area contributed by atoms with Crippen molar-refractivity contribution < 1.29 is 4.79 Å². The summed E-state index contributed by atoms with van der Waals surface area (Å²) in [5.74, 6) is 1.29. The number of carbonyl (C=O) groups excluding carboxylic acids is 1. The number of nitrogens with zero attached hydrogens (tertiary/aromatic N) is 3. The van der Waals surface area contributed by atoms with Gasteiger partial charge in [0.2, 0.25) is 5.91 Å². The quantitative estimate of drug-likeness (QED) is 0.933. The lowest BCUT2D eigenvalue weighted by Gasteiger charge is -2.31. The molecule has 130 valence electrons. The maximum Gasteiger partial charge on any atom is 0.223 e. The summed E-state index contributed by atoms with van der Waals surface area (Å²) in [5.41, 5.74) is 3.20. The summed E-state index contributed by atoms with van der Waals surface area (Å²) < 4.78 is 0. The van der Waals surface area contributed by atoms with Crippen molar-refractivity contribution in [1.29, 1.82) is 0 Å². The summed E-state index contributed by atoms with van der Waals surface area (Å²) in [7, 11) is 0. The van der Waals surface area contributed by atoms with E-state index in [0.717, 1.165) is 55.8 Å². The van der Waals surface area contributed by atoms with Crippen molar-refractivity contribution in [2.24, 2.45) is 5.92 Å². The van der Waals surface area contributed by atoms with Crippen LogP contribution in [0.3, 0.4) is 0 Å². The van der Waals surface area contributed by atoms with Crippen LogP contribution in [0.15, 0.2) is 36.4 Å². The molecule has 0 unspecified atom stereocenters. The number of benzene rings is 1.